The number of H-pyrrole nitrogens is 1. The van der Waals surface area contributed by atoms with Gasteiger partial charge in [0.1, 0.15) is 24.4 Å². The first-order chi connectivity index (χ1) is 11.0. The number of aliphatic hydroxyl groups excluding tert-OH is 4. The number of aliphatic hydroxyl groups is 4. The number of aromatic amines is 1. The lowest BCUT2D eigenvalue weighted by molar-refractivity contribution is -0.227. The normalized spacial score (nSPS) is 32.3. The van der Waals surface area contributed by atoms with Gasteiger partial charge < -0.3 is 29.6 Å². The molecule has 0 amide bonds. The summed E-state index contributed by atoms with van der Waals surface area (Å²) in [4.78, 5) is 21.3. The van der Waals surface area contributed by atoms with E-state index >= 15 is 0 Å². The first kappa shape index (κ1) is 15.8. The van der Waals surface area contributed by atoms with E-state index in [0.29, 0.717) is 10.7 Å². The maximum Gasteiger partial charge on any atom is 0.347 e. The Kier molecular flexibility index (Phi) is 4.24. The largest absolute Gasteiger partial charge is 0.448 e. The molecule has 0 aromatic carbocycles. The van der Waals surface area contributed by atoms with Crippen LogP contribution in [-0.2, 0) is 4.74 Å². The Hall–Kier alpha value is -2.11. The van der Waals surface area contributed by atoms with Crippen molar-refractivity contribution >= 4 is 11.1 Å². The minimum Gasteiger partial charge on any atom is -0.448 e. The highest BCUT2D eigenvalue weighted by Gasteiger charge is 2.43. The fourth-order valence-corrected chi connectivity index (χ4v) is 2.35. The van der Waals surface area contributed by atoms with Crippen LogP contribution in [0.2, 0.25) is 0 Å². The molecule has 2 aromatic heterocycles. The minimum atomic E-state index is -1.52. The molecule has 10 heteroatoms. The number of hydrogen-bond acceptors (Lipinski definition) is 9. The summed E-state index contributed by atoms with van der Waals surface area (Å²) < 4.78 is 10.4. The molecule has 124 valence electrons. The molecule has 1 aliphatic rings. The van der Waals surface area contributed by atoms with Crippen LogP contribution in [0, 0.1) is 0 Å². The van der Waals surface area contributed by atoms with Crippen LogP contribution in [0.3, 0.4) is 0 Å². The number of rotatable bonds is 2. The lowest BCUT2D eigenvalue weighted by Gasteiger charge is -2.38. The van der Waals surface area contributed by atoms with Crippen LogP contribution in [0.25, 0.3) is 11.1 Å². The maximum atomic E-state index is 11.2. The molecule has 1 fully saturated rings. The van der Waals surface area contributed by atoms with Crippen molar-refractivity contribution in [3.05, 3.63) is 34.4 Å². The van der Waals surface area contributed by atoms with Crippen LogP contribution in [0.5, 0.6) is 0 Å². The van der Waals surface area contributed by atoms with Crippen molar-refractivity contribution < 1.29 is 29.6 Å². The van der Waals surface area contributed by atoms with Crippen molar-refractivity contribution in [2.75, 3.05) is 6.61 Å². The average molecular weight is 325 g/mol. The summed E-state index contributed by atoms with van der Waals surface area (Å²) in [6.45, 7) is -0.545. The van der Waals surface area contributed by atoms with Crippen LogP contribution < -0.4 is 11.0 Å². The van der Waals surface area contributed by atoms with E-state index in [9.17, 15) is 20.1 Å². The van der Waals surface area contributed by atoms with E-state index in [1.165, 1.54) is 18.5 Å². The lowest BCUT2D eigenvalue weighted by atomic mass is 9.98. The molecule has 5 atom stereocenters. The maximum absolute atomic E-state index is 11.2. The summed E-state index contributed by atoms with van der Waals surface area (Å²) >= 11 is 0. The van der Waals surface area contributed by atoms with Gasteiger partial charge in [0.25, 0.3) is 0 Å². The highest BCUT2D eigenvalue weighted by atomic mass is 16.6. The molecule has 0 radical (unpaired) electrons. The van der Waals surface area contributed by atoms with Crippen LogP contribution in [-0.4, -0.2) is 67.6 Å². The van der Waals surface area contributed by atoms with E-state index in [1.54, 1.807) is 0 Å². The van der Waals surface area contributed by atoms with E-state index in [4.69, 9.17) is 14.3 Å². The van der Waals surface area contributed by atoms with Crippen molar-refractivity contribution in [2.45, 2.75) is 30.6 Å². The molecule has 3 rings (SSSR count). The Labute approximate surface area is 128 Å². The van der Waals surface area contributed by atoms with Crippen LogP contribution in [0.1, 0.15) is 0 Å². The summed E-state index contributed by atoms with van der Waals surface area (Å²) in [6.07, 6.45) is -4.21. The summed E-state index contributed by atoms with van der Waals surface area (Å²) in [7, 11) is 0. The molecule has 0 bridgehead atoms. The number of hydrogen-bond donors (Lipinski definition) is 5. The molecule has 3 heterocycles. The molecule has 0 saturated carbocycles. The Balaban J connectivity index is 2.05. The van der Waals surface area contributed by atoms with Gasteiger partial charge in [0.2, 0.25) is 5.71 Å². The number of ether oxygens (including phenoxy) is 1. The van der Waals surface area contributed by atoms with Crippen molar-refractivity contribution in [2.24, 2.45) is 4.99 Å². The molecule has 10 nitrogen and oxygen atoms in total. The SMILES string of the molecule is O=c1ncc2/c(=N/C3O[C@H](CO)[C@@H](O)[C@H](O)[C@H]3O)ccoc2[nH]1. The second-order valence-corrected chi connectivity index (χ2v) is 5.09. The summed E-state index contributed by atoms with van der Waals surface area (Å²) in [5, 5.41) is 39.3. The number of nitrogens with one attached hydrogen (secondary N) is 1. The Morgan fingerprint density at radius 3 is 2.78 bits per heavy atom. The quantitative estimate of drug-likeness (QED) is 0.396. The zero-order valence-electron chi connectivity index (χ0n) is 11.7. The number of nitrogens with zero attached hydrogens (tertiary/aromatic N) is 2. The number of fused-ring (bicyclic) bond motifs is 1. The van der Waals surface area contributed by atoms with Crippen molar-refractivity contribution in [3.8, 4) is 0 Å². The minimum absolute atomic E-state index is 0.135. The standard InChI is InChI=1S/C13H15N3O7/c17-4-7-8(18)9(19)10(20)12(23-7)15-6-1-2-22-11-5(6)3-14-13(21)16-11/h1-3,7-10,12,17-20H,4H2,(H,14,16,21)/b15-6+/t7-,8-,9+,10-,12?/m1/s1. The Morgan fingerprint density at radius 2 is 2.04 bits per heavy atom. The van der Waals surface area contributed by atoms with Gasteiger partial charge >= 0.3 is 5.69 Å². The van der Waals surface area contributed by atoms with Crippen molar-refractivity contribution in [3.63, 3.8) is 0 Å². The first-order valence-corrected chi connectivity index (χ1v) is 6.82. The molecule has 1 saturated heterocycles. The third kappa shape index (κ3) is 2.90. The van der Waals surface area contributed by atoms with Gasteiger partial charge in [0, 0.05) is 6.20 Å². The van der Waals surface area contributed by atoms with Gasteiger partial charge in [-0.3, -0.25) is 9.98 Å². The Bertz CT molecular complexity index is 815. The van der Waals surface area contributed by atoms with E-state index < -0.39 is 42.9 Å². The summed E-state index contributed by atoms with van der Waals surface area (Å²) in [5.74, 6) is 0. The zero-order chi connectivity index (χ0) is 16.6. The van der Waals surface area contributed by atoms with E-state index in [1.807, 2.05) is 0 Å². The lowest BCUT2D eigenvalue weighted by Crippen LogP contribution is -2.58. The Morgan fingerprint density at radius 1 is 1.26 bits per heavy atom. The topological polar surface area (TPSA) is 161 Å². The second-order valence-electron chi connectivity index (χ2n) is 5.09. The average Bonchev–Trinajstić information content (AvgIpc) is 2.55. The molecule has 23 heavy (non-hydrogen) atoms. The predicted octanol–water partition coefficient (Wildman–Crippen LogP) is -2.78. The molecular weight excluding hydrogens is 310 g/mol. The molecule has 5 N–H and O–H groups in total. The fraction of sp³-hybridized carbons (Fsp3) is 0.462. The molecular formula is C13H15N3O7. The highest BCUT2D eigenvalue weighted by molar-refractivity contribution is 5.69. The van der Waals surface area contributed by atoms with Crippen molar-refractivity contribution in [1.82, 2.24) is 9.97 Å². The monoisotopic (exact) mass is 325 g/mol. The van der Waals surface area contributed by atoms with Gasteiger partial charge in [-0.15, -0.1) is 0 Å². The van der Waals surface area contributed by atoms with Gasteiger partial charge in [-0.1, -0.05) is 0 Å². The third-order valence-electron chi connectivity index (χ3n) is 3.60. The number of aromatic nitrogens is 2. The van der Waals surface area contributed by atoms with Crippen LogP contribution in [0.4, 0.5) is 0 Å². The van der Waals surface area contributed by atoms with Gasteiger partial charge in [0.05, 0.1) is 23.6 Å². The highest BCUT2D eigenvalue weighted by Crippen LogP contribution is 2.21. The van der Waals surface area contributed by atoms with Crippen molar-refractivity contribution in [1.29, 1.82) is 0 Å². The molecule has 2 aromatic rings. The predicted molar refractivity (Wildman–Crippen MR) is 74.0 cm³/mol. The van der Waals surface area contributed by atoms with Crippen LogP contribution in [0.15, 0.2) is 32.7 Å². The first-order valence-electron chi connectivity index (χ1n) is 6.82. The fourth-order valence-electron chi connectivity index (χ4n) is 2.35. The van der Waals surface area contributed by atoms with Gasteiger partial charge in [0.15, 0.2) is 6.23 Å². The van der Waals surface area contributed by atoms with Gasteiger partial charge in [-0.05, 0) is 6.07 Å². The molecule has 0 spiro atoms. The molecule has 1 unspecified atom stereocenters. The summed E-state index contributed by atoms with van der Waals surface area (Å²) in [5.41, 5.74) is -0.456. The summed E-state index contributed by atoms with van der Waals surface area (Å²) in [6, 6.07) is 1.46. The zero-order valence-corrected chi connectivity index (χ0v) is 11.7. The van der Waals surface area contributed by atoms with E-state index in [2.05, 4.69) is 15.0 Å². The second kappa shape index (κ2) is 6.18. The van der Waals surface area contributed by atoms with Gasteiger partial charge in [-0.2, -0.15) is 0 Å². The molecule has 1 aliphatic heterocycles. The molecule has 0 aliphatic carbocycles. The van der Waals surface area contributed by atoms with E-state index in [0.717, 1.165) is 0 Å². The van der Waals surface area contributed by atoms with Crippen LogP contribution >= 0.6 is 0 Å². The smallest absolute Gasteiger partial charge is 0.347 e. The van der Waals surface area contributed by atoms with E-state index in [-0.39, 0.29) is 5.71 Å². The van der Waals surface area contributed by atoms with Gasteiger partial charge in [-0.25, -0.2) is 9.78 Å². The third-order valence-corrected chi connectivity index (χ3v) is 3.60.